The topological polar surface area (TPSA) is 111 Å². The van der Waals surface area contributed by atoms with E-state index in [9.17, 15) is 19.5 Å². The standard InChI is InChI=1S/C17H18N2O6/c1-10-8-19(17(23)18-15(10)21)14-7-12(20)13(25-14)9-24-16(22)11-5-3-2-4-6-11/h2-6,8,12-14,20H,7,9H2,1H3,(H,18,21,23)/t12-,13+,14+/m1/s1. The number of rotatable bonds is 4. The number of aromatic nitrogens is 2. The van der Waals surface area contributed by atoms with Gasteiger partial charge in [-0.15, -0.1) is 0 Å². The average molecular weight is 346 g/mol. The molecule has 3 atom stereocenters. The molecule has 1 aromatic carbocycles. The molecule has 3 rings (SSSR count). The van der Waals surface area contributed by atoms with Crippen LogP contribution in [0.2, 0.25) is 0 Å². The van der Waals surface area contributed by atoms with Gasteiger partial charge in [-0.3, -0.25) is 14.3 Å². The molecular formula is C17H18N2O6. The molecule has 2 heterocycles. The predicted molar refractivity (Wildman–Crippen MR) is 87.3 cm³/mol. The quantitative estimate of drug-likeness (QED) is 0.773. The number of aryl methyl sites for hydroxylation is 1. The first-order valence-electron chi connectivity index (χ1n) is 7.83. The Morgan fingerprint density at radius 1 is 1.36 bits per heavy atom. The van der Waals surface area contributed by atoms with Gasteiger partial charge in [0.05, 0.1) is 11.7 Å². The molecular weight excluding hydrogens is 328 g/mol. The SMILES string of the molecule is Cc1cn([C@@H]2C[C@@H](O)[C@H](COC(=O)c3ccccc3)O2)c(=O)[nH]c1=O. The Kier molecular flexibility index (Phi) is 4.82. The Bertz CT molecular complexity index is 873. The molecule has 0 saturated carbocycles. The van der Waals surface area contributed by atoms with Gasteiger partial charge in [-0.25, -0.2) is 9.59 Å². The molecule has 8 nitrogen and oxygen atoms in total. The van der Waals surface area contributed by atoms with E-state index < -0.39 is 35.7 Å². The second-order valence-electron chi connectivity index (χ2n) is 5.88. The Morgan fingerprint density at radius 3 is 2.80 bits per heavy atom. The zero-order chi connectivity index (χ0) is 18.0. The molecule has 1 aliphatic heterocycles. The van der Waals surface area contributed by atoms with Crippen molar-refractivity contribution in [2.75, 3.05) is 6.61 Å². The highest BCUT2D eigenvalue weighted by Crippen LogP contribution is 2.27. The van der Waals surface area contributed by atoms with Crippen LogP contribution in [0.4, 0.5) is 0 Å². The highest BCUT2D eigenvalue weighted by atomic mass is 16.6. The summed E-state index contributed by atoms with van der Waals surface area (Å²) in [7, 11) is 0. The van der Waals surface area contributed by atoms with Crippen LogP contribution in [0.1, 0.15) is 28.6 Å². The van der Waals surface area contributed by atoms with Crippen molar-refractivity contribution in [1.29, 1.82) is 0 Å². The van der Waals surface area contributed by atoms with Crippen molar-refractivity contribution in [2.24, 2.45) is 0 Å². The van der Waals surface area contributed by atoms with Crippen molar-refractivity contribution in [3.63, 3.8) is 0 Å². The van der Waals surface area contributed by atoms with Crippen LogP contribution in [-0.4, -0.2) is 39.4 Å². The number of hydrogen-bond acceptors (Lipinski definition) is 6. The van der Waals surface area contributed by atoms with Crippen LogP contribution in [-0.2, 0) is 9.47 Å². The first-order chi connectivity index (χ1) is 12.0. The fraction of sp³-hybridized carbons (Fsp3) is 0.353. The molecule has 1 saturated heterocycles. The van der Waals surface area contributed by atoms with E-state index in [1.54, 1.807) is 37.3 Å². The normalized spacial score (nSPS) is 22.7. The maximum Gasteiger partial charge on any atom is 0.338 e. The van der Waals surface area contributed by atoms with Gasteiger partial charge in [-0.2, -0.15) is 0 Å². The molecule has 1 aromatic heterocycles. The highest BCUT2D eigenvalue weighted by molar-refractivity contribution is 5.89. The Balaban J connectivity index is 1.66. The van der Waals surface area contributed by atoms with Crippen LogP contribution in [0.5, 0.6) is 0 Å². The Morgan fingerprint density at radius 2 is 2.08 bits per heavy atom. The fourth-order valence-electron chi connectivity index (χ4n) is 2.65. The largest absolute Gasteiger partial charge is 0.459 e. The molecule has 8 heteroatoms. The number of aliphatic hydroxyl groups excluding tert-OH is 1. The number of aliphatic hydroxyl groups is 1. The van der Waals surface area contributed by atoms with Gasteiger partial charge in [-0.1, -0.05) is 18.2 Å². The molecule has 1 fully saturated rings. The van der Waals surface area contributed by atoms with E-state index in [-0.39, 0.29) is 13.0 Å². The van der Waals surface area contributed by atoms with Crippen molar-refractivity contribution >= 4 is 5.97 Å². The second kappa shape index (κ2) is 7.04. The molecule has 0 bridgehead atoms. The molecule has 0 amide bonds. The minimum Gasteiger partial charge on any atom is -0.459 e. The van der Waals surface area contributed by atoms with Crippen molar-refractivity contribution < 1.29 is 19.4 Å². The summed E-state index contributed by atoms with van der Waals surface area (Å²) in [6, 6.07) is 8.48. The van der Waals surface area contributed by atoms with Crippen molar-refractivity contribution in [3.8, 4) is 0 Å². The van der Waals surface area contributed by atoms with Crippen molar-refractivity contribution in [1.82, 2.24) is 9.55 Å². The van der Waals surface area contributed by atoms with E-state index in [0.29, 0.717) is 11.1 Å². The van der Waals surface area contributed by atoms with Crippen LogP contribution >= 0.6 is 0 Å². The summed E-state index contributed by atoms with van der Waals surface area (Å²) >= 11 is 0. The number of esters is 1. The first kappa shape index (κ1) is 17.1. The molecule has 1 aliphatic rings. The van der Waals surface area contributed by atoms with Gasteiger partial charge in [0.15, 0.2) is 0 Å². The molecule has 0 aliphatic carbocycles. The lowest BCUT2D eigenvalue weighted by Crippen LogP contribution is -2.33. The zero-order valence-corrected chi connectivity index (χ0v) is 13.5. The van der Waals surface area contributed by atoms with Crippen LogP contribution in [0, 0.1) is 6.92 Å². The number of benzene rings is 1. The summed E-state index contributed by atoms with van der Waals surface area (Å²) in [6.07, 6.45) is -0.849. The van der Waals surface area contributed by atoms with Gasteiger partial charge in [0.2, 0.25) is 0 Å². The number of nitrogens with one attached hydrogen (secondary N) is 1. The maximum absolute atomic E-state index is 11.9. The third-order valence-corrected chi connectivity index (χ3v) is 4.05. The van der Waals surface area contributed by atoms with E-state index in [0.717, 1.165) is 0 Å². The predicted octanol–water partition coefficient (Wildman–Crippen LogP) is 0.350. The molecule has 0 unspecified atom stereocenters. The summed E-state index contributed by atoms with van der Waals surface area (Å²) in [6.45, 7) is 1.43. The molecule has 0 radical (unpaired) electrons. The van der Waals surface area contributed by atoms with Crippen LogP contribution in [0.3, 0.4) is 0 Å². The van der Waals surface area contributed by atoms with Gasteiger partial charge < -0.3 is 14.6 Å². The summed E-state index contributed by atoms with van der Waals surface area (Å²) < 4.78 is 12.0. The summed E-state index contributed by atoms with van der Waals surface area (Å²) in [5.74, 6) is -0.517. The minimum absolute atomic E-state index is 0.136. The molecule has 25 heavy (non-hydrogen) atoms. The third kappa shape index (κ3) is 3.70. The van der Waals surface area contributed by atoms with Crippen LogP contribution in [0.15, 0.2) is 46.1 Å². The summed E-state index contributed by atoms with van der Waals surface area (Å²) in [4.78, 5) is 37.5. The fourth-order valence-corrected chi connectivity index (χ4v) is 2.65. The van der Waals surface area contributed by atoms with Crippen molar-refractivity contribution in [3.05, 3.63) is 68.5 Å². The minimum atomic E-state index is -0.896. The smallest absolute Gasteiger partial charge is 0.338 e. The van der Waals surface area contributed by atoms with Crippen molar-refractivity contribution in [2.45, 2.75) is 31.8 Å². The summed E-state index contributed by atoms with van der Waals surface area (Å²) in [5.41, 5.74) is -0.321. The van der Waals surface area contributed by atoms with Crippen LogP contribution in [0.25, 0.3) is 0 Å². The van der Waals surface area contributed by atoms with Gasteiger partial charge in [-0.05, 0) is 19.1 Å². The van der Waals surface area contributed by atoms with Gasteiger partial charge in [0.25, 0.3) is 5.56 Å². The summed E-state index contributed by atoms with van der Waals surface area (Å²) in [5, 5.41) is 10.1. The van der Waals surface area contributed by atoms with Gasteiger partial charge >= 0.3 is 11.7 Å². The molecule has 2 N–H and O–H groups in total. The van der Waals surface area contributed by atoms with E-state index in [1.165, 1.54) is 10.8 Å². The first-order valence-corrected chi connectivity index (χ1v) is 7.83. The number of H-pyrrole nitrogens is 1. The molecule has 132 valence electrons. The lowest BCUT2D eigenvalue weighted by atomic mass is 10.2. The average Bonchev–Trinajstić information content (AvgIpc) is 2.97. The maximum atomic E-state index is 11.9. The van der Waals surface area contributed by atoms with Crippen LogP contribution < -0.4 is 11.2 Å². The molecule has 2 aromatic rings. The van der Waals surface area contributed by atoms with E-state index in [1.807, 2.05) is 0 Å². The highest BCUT2D eigenvalue weighted by Gasteiger charge is 2.36. The third-order valence-electron chi connectivity index (χ3n) is 4.05. The van der Waals surface area contributed by atoms with E-state index >= 15 is 0 Å². The zero-order valence-electron chi connectivity index (χ0n) is 13.5. The van der Waals surface area contributed by atoms with E-state index in [4.69, 9.17) is 9.47 Å². The number of ether oxygens (including phenoxy) is 2. The number of nitrogens with zero attached hydrogens (tertiary/aromatic N) is 1. The lowest BCUT2D eigenvalue weighted by molar-refractivity contribution is -0.0532. The van der Waals surface area contributed by atoms with E-state index in [2.05, 4.69) is 4.98 Å². The van der Waals surface area contributed by atoms with Gasteiger partial charge in [0.1, 0.15) is 18.9 Å². The monoisotopic (exact) mass is 346 g/mol. The number of carbonyl (C=O) groups is 1. The Hall–Kier alpha value is -2.71. The number of aromatic amines is 1. The Labute approximate surface area is 142 Å². The lowest BCUT2D eigenvalue weighted by Gasteiger charge is -2.16. The number of carbonyl (C=O) groups excluding carboxylic acids is 1. The number of hydrogen-bond donors (Lipinski definition) is 2. The second-order valence-corrected chi connectivity index (χ2v) is 5.88. The van der Waals surface area contributed by atoms with Gasteiger partial charge in [0, 0.05) is 18.2 Å². The molecule has 0 spiro atoms.